The predicted octanol–water partition coefficient (Wildman–Crippen LogP) is 2.16. The van der Waals surface area contributed by atoms with E-state index in [4.69, 9.17) is 0 Å². The number of piperidine rings is 2. The molecule has 0 unspecified atom stereocenters. The fraction of sp³-hybridized carbons (Fsp3) is 0.667. The number of hydrogen-bond acceptors (Lipinski definition) is 4. The molecule has 0 radical (unpaired) electrons. The third kappa shape index (κ3) is 3.83. The van der Waals surface area contributed by atoms with Crippen LogP contribution in [0.5, 0.6) is 0 Å². The molecule has 23 heavy (non-hydrogen) atoms. The maximum atomic E-state index is 12.5. The van der Waals surface area contributed by atoms with E-state index in [1.165, 1.54) is 12.8 Å². The summed E-state index contributed by atoms with van der Waals surface area (Å²) in [5.74, 6) is 2.19. The van der Waals surface area contributed by atoms with Crippen LogP contribution < -0.4 is 4.90 Å². The lowest BCUT2D eigenvalue weighted by Crippen LogP contribution is -2.39. The van der Waals surface area contributed by atoms with E-state index < -0.39 is 0 Å². The van der Waals surface area contributed by atoms with Crippen LogP contribution in [0.1, 0.15) is 43.0 Å². The van der Waals surface area contributed by atoms with Crippen molar-refractivity contribution >= 4 is 11.7 Å². The maximum Gasteiger partial charge on any atom is 0.255 e. The molecule has 1 aromatic heterocycles. The van der Waals surface area contributed by atoms with E-state index in [1.54, 1.807) is 6.20 Å². The van der Waals surface area contributed by atoms with Gasteiger partial charge in [0.2, 0.25) is 0 Å². The van der Waals surface area contributed by atoms with Crippen molar-refractivity contribution in [3.8, 4) is 0 Å². The Balaban J connectivity index is 1.59. The molecule has 0 spiro atoms. The van der Waals surface area contributed by atoms with Crippen LogP contribution in [0.2, 0.25) is 0 Å². The van der Waals surface area contributed by atoms with Crippen LogP contribution in [0.4, 0.5) is 5.82 Å². The number of pyridine rings is 1. The average molecular weight is 317 g/mol. The van der Waals surface area contributed by atoms with Crippen LogP contribution >= 0.6 is 0 Å². The van der Waals surface area contributed by atoms with Gasteiger partial charge >= 0.3 is 0 Å². The topological polar surface area (TPSA) is 56.7 Å². The van der Waals surface area contributed by atoms with Gasteiger partial charge in [-0.2, -0.15) is 0 Å². The van der Waals surface area contributed by atoms with Crippen LogP contribution in [0, 0.1) is 11.8 Å². The van der Waals surface area contributed by atoms with Gasteiger partial charge in [-0.3, -0.25) is 4.79 Å². The van der Waals surface area contributed by atoms with Gasteiger partial charge in [-0.1, -0.05) is 6.92 Å². The van der Waals surface area contributed by atoms with Gasteiger partial charge in [0.15, 0.2) is 0 Å². The standard InChI is InChI=1S/C18H27N3O2/c1-14-4-8-20(9-5-14)17-3-2-16(12-19-17)18(23)21-10-6-15(13-22)7-11-21/h2-3,12,14-15,22H,4-11,13H2,1H3. The lowest BCUT2D eigenvalue weighted by Gasteiger charge is -2.32. The molecular weight excluding hydrogens is 290 g/mol. The number of likely N-dealkylation sites (tertiary alicyclic amines) is 1. The molecule has 0 saturated carbocycles. The summed E-state index contributed by atoms with van der Waals surface area (Å²) >= 11 is 0. The highest BCUT2D eigenvalue weighted by atomic mass is 16.3. The summed E-state index contributed by atoms with van der Waals surface area (Å²) in [6.07, 6.45) is 5.91. The first-order chi connectivity index (χ1) is 11.2. The number of aliphatic hydroxyl groups is 1. The van der Waals surface area contributed by atoms with Gasteiger partial charge in [0, 0.05) is 39.0 Å². The number of aliphatic hydroxyl groups excluding tert-OH is 1. The van der Waals surface area contributed by atoms with Gasteiger partial charge in [0.1, 0.15) is 5.82 Å². The largest absolute Gasteiger partial charge is 0.396 e. The number of nitrogens with zero attached hydrogens (tertiary/aromatic N) is 3. The first-order valence-electron chi connectivity index (χ1n) is 8.78. The first kappa shape index (κ1) is 16.2. The predicted molar refractivity (Wildman–Crippen MR) is 90.6 cm³/mol. The third-order valence-electron chi connectivity index (χ3n) is 5.26. The Bertz CT molecular complexity index is 516. The van der Waals surface area contributed by atoms with Gasteiger partial charge in [0.25, 0.3) is 5.91 Å². The summed E-state index contributed by atoms with van der Waals surface area (Å²) in [5, 5.41) is 9.19. The zero-order chi connectivity index (χ0) is 16.2. The van der Waals surface area contributed by atoms with E-state index in [0.717, 1.165) is 50.8 Å². The maximum absolute atomic E-state index is 12.5. The SMILES string of the molecule is CC1CCN(c2ccc(C(=O)N3CCC(CO)CC3)cn2)CC1. The van der Waals surface area contributed by atoms with Crippen LogP contribution in [-0.2, 0) is 0 Å². The van der Waals surface area contributed by atoms with Crippen LogP contribution in [0.3, 0.4) is 0 Å². The summed E-state index contributed by atoms with van der Waals surface area (Å²) in [4.78, 5) is 21.2. The number of rotatable bonds is 3. The number of carbonyl (C=O) groups excluding carboxylic acids is 1. The second kappa shape index (κ2) is 7.30. The first-order valence-corrected chi connectivity index (χ1v) is 8.78. The molecule has 0 aromatic carbocycles. The highest BCUT2D eigenvalue weighted by Crippen LogP contribution is 2.22. The Morgan fingerprint density at radius 1 is 1.17 bits per heavy atom. The molecule has 0 atom stereocenters. The van der Waals surface area contributed by atoms with Crippen molar-refractivity contribution in [3.63, 3.8) is 0 Å². The Hall–Kier alpha value is -1.62. The van der Waals surface area contributed by atoms with E-state index in [2.05, 4.69) is 16.8 Å². The molecule has 1 N–H and O–H groups in total. The van der Waals surface area contributed by atoms with E-state index in [-0.39, 0.29) is 12.5 Å². The zero-order valence-corrected chi connectivity index (χ0v) is 13.9. The lowest BCUT2D eigenvalue weighted by atomic mass is 9.97. The van der Waals surface area contributed by atoms with E-state index in [9.17, 15) is 9.90 Å². The van der Waals surface area contributed by atoms with Crippen LogP contribution in [-0.4, -0.2) is 53.7 Å². The second-order valence-corrected chi connectivity index (χ2v) is 6.99. The van der Waals surface area contributed by atoms with Crippen molar-refractivity contribution in [1.82, 2.24) is 9.88 Å². The summed E-state index contributed by atoms with van der Waals surface area (Å²) in [6.45, 7) is 6.09. The summed E-state index contributed by atoms with van der Waals surface area (Å²) in [5.41, 5.74) is 0.668. The highest BCUT2D eigenvalue weighted by Gasteiger charge is 2.24. The average Bonchev–Trinajstić information content (AvgIpc) is 2.62. The van der Waals surface area contributed by atoms with Crippen molar-refractivity contribution < 1.29 is 9.90 Å². The number of amides is 1. The highest BCUT2D eigenvalue weighted by molar-refractivity contribution is 5.94. The molecule has 1 aromatic rings. The van der Waals surface area contributed by atoms with E-state index in [0.29, 0.717) is 11.5 Å². The molecule has 0 aliphatic carbocycles. The molecule has 3 rings (SSSR count). The third-order valence-corrected chi connectivity index (χ3v) is 5.26. The van der Waals surface area contributed by atoms with Gasteiger partial charge in [-0.05, 0) is 49.7 Å². The van der Waals surface area contributed by atoms with Crippen molar-refractivity contribution in [2.75, 3.05) is 37.7 Å². The monoisotopic (exact) mass is 317 g/mol. The number of hydrogen-bond donors (Lipinski definition) is 1. The van der Waals surface area contributed by atoms with Gasteiger partial charge in [0.05, 0.1) is 5.56 Å². The van der Waals surface area contributed by atoms with E-state index >= 15 is 0 Å². The van der Waals surface area contributed by atoms with Gasteiger partial charge in [-0.25, -0.2) is 4.98 Å². The molecular formula is C18H27N3O2. The summed E-state index contributed by atoms with van der Waals surface area (Å²) < 4.78 is 0. The second-order valence-electron chi connectivity index (χ2n) is 6.99. The smallest absolute Gasteiger partial charge is 0.255 e. The molecule has 2 fully saturated rings. The van der Waals surface area contributed by atoms with Crippen molar-refractivity contribution in [2.24, 2.45) is 11.8 Å². The fourth-order valence-electron chi connectivity index (χ4n) is 3.44. The molecule has 5 heteroatoms. The quantitative estimate of drug-likeness (QED) is 0.928. The fourth-order valence-corrected chi connectivity index (χ4v) is 3.44. The van der Waals surface area contributed by atoms with Crippen molar-refractivity contribution in [2.45, 2.75) is 32.6 Å². The van der Waals surface area contributed by atoms with Crippen LogP contribution in [0.25, 0.3) is 0 Å². The normalized spacial score (nSPS) is 20.8. The Morgan fingerprint density at radius 3 is 2.43 bits per heavy atom. The van der Waals surface area contributed by atoms with Crippen molar-refractivity contribution in [3.05, 3.63) is 23.9 Å². The number of aromatic nitrogens is 1. The van der Waals surface area contributed by atoms with Gasteiger partial charge < -0.3 is 14.9 Å². The molecule has 2 aliphatic rings. The summed E-state index contributed by atoms with van der Waals surface area (Å²) in [6, 6.07) is 3.88. The molecule has 0 bridgehead atoms. The molecule has 5 nitrogen and oxygen atoms in total. The minimum atomic E-state index is 0.0627. The number of anilines is 1. The Labute approximate surface area is 138 Å². The van der Waals surface area contributed by atoms with E-state index in [1.807, 2.05) is 17.0 Å². The van der Waals surface area contributed by atoms with Crippen LogP contribution in [0.15, 0.2) is 18.3 Å². The summed E-state index contributed by atoms with van der Waals surface area (Å²) in [7, 11) is 0. The minimum absolute atomic E-state index is 0.0627. The molecule has 3 heterocycles. The molecule has 2 saturated heterocycles. The Morgan fingerprint density at radius 2 is 1.87 bits per heavy atom. The van der Waals surface area contributed by atoms with Gasteiger partial charge in [-0.15, -0.1) is 0 Å². The molecule has 2 aliphatic heterocycles. The molecule has 126 valence electrons. The zero-order valence-electron chi connectivity index (χ0n) is 13.9. The minimum Gasteiger partial charge on any atom is -0.396 e. The number of carbonyl (C=O) groups is 1. The van der Waals surface area contributed by atoms with Crippen molar-refractivity contribution in [1.29, 1.82) is 0 Å². The molecule has 1 amide bonds. The Kier molecular flexibility index (Phi) is 5.16. The lowest BCUT2D eigenvalue weighted by molar-refractivity contribution is 0.0650.